The van der Waals surface area contributed by atoms with Crippen molar-refractivity contribution in [1.82, 2.24) is 4.90 Å². The Balaban J connectivity index is 2.54. The van der Waals surface area contributed by atoms with Crippen LogP contribution in [0.2, 0.25) is 0 Å². The Bertz CT molecular complexity index is 437. The molecular weight excluding hydrogens is 230 g/mol. The van der Waals surface area contributed by atoms with Gasteiger partial charge in [0.25, 0.3) is 0 Å². The average Bonchev–Trinajstić information content (AvgIpc) is 2.37. The number of carbonyl (C=O) groups excluding carboxylic acids is 1. The summed E-state index contributed by atoms with van der Waals surface area (Å²) in [6.07, 6.45) is 0.712. The second-order valence-electron chi connectivity index (χ2n) is 4.14. The third-order valence-electron chi connectivity index (χ3n) is 2.64. The third kappa shape index (κ3) is 4.07. The maximum absolute atomic E-state index is 11.9. The standard InChI is InChI=1S/C13H17N3O2/c1-16(8-2-7-14)13(18)12(15)9-10-3-5-11(17)6-4-10/h3-6,12,17H,2,8-9,15H2,1H3/t12-/m1/s1. The number of amides is 1. The molecule has 0 heterocycles. The first-order valence-corrected chi connectivity index (χ1v) is 5.70. The zero-order valence-corrected chi connectivity index (χ0v) is 10.3. The van der Waals surface area contributed by atoms with E-state index in [9.17, 15) is 4.79 Å². The Kier molecular flexibility index (Phi) is 5.15. The Hall–Kier alpha value is -2.06. The monoisotopic (exact) mass is 247 g/mol. The molecule has 1 rings (SSSR count). The molecule has 5 nitrogen and oxygen atoms in total. The van der Waals surface area contributed by atoms with Crippen LogP contribution in [0.1, 0.15) is 12.0 Å². The largest absolute Gasteiger partial charge is 0.508 e. The quantitative estimate of drug-likeness (QED) is 0.798. The molecule has 0 spiro atoms. The molecular formula is C13H17N3O2. The van der Waals surface area contributed by atoms with Crippen molar-refractivity contribution in [3.63, 3.8) is 0 Å². The molecule has 0 fully saturated rings. The molecule has 96 valence electrons. The van der Waals surface area contributed by atoms with Gasteiger partial charge in [0.15, 0.2) is 0 Å². The molecule has 0 unspecified atom stereocenters. The van der Waals surface area contributed by atoms with Gasteiger partial charge in [0.1, 0.15) is 5.75 Å². The second-order valence-corrected chi connectivity index (χ2v) is 4.14. The predicted octanol–water partition coefficient (Wildman–Crippen LogP) is 0.634. The fraction of sp³-hybridized carbons (Fsp3) is 0.385. The van der Waals surface area contributed by atoms with Gasteiger partial charge in [-0.2, -0.15) is 5.26 Å². The maximum atomic E-state index is 11.9. The summed E-state index contributed by atoms with van der Waals surface area (Å²) in [6, 6.07) is 7.95. The van der Waals surface area contributed by atoms with E-state index >= 15 is 0 Å². The molecule has 0 radical (unpaired) electrons. The minimum absolute atomic E-state index is 0.182. The van der Waals surface area contributed by atoms with Crippen LogP contribution in [0.4, 0.5) is 0 Å². The number of nitrogens with two attached hydrogens (primary N) is 1. The Morgan fingerprint density at radius 3 is 2.67 bits per heavy atom. The zero-order valence-electron chi connectivity index (χ0n) is 10.3. The highest BCUT2D eigenvalue weighted by Gasteiger charge is 2.17. The average molecular weight is 247 g/mol. The lowest BCUT2D eigenvalue weighted by atomic mass is 10.1. The van der Waals surface area contributed by atoms with Crippen molar-refractivity contribution in [2.24, 2.45) is 5.73 Å². The zero-order chi connectivity index (χ0) is 13.5. The van der Waals surface area contributed by atoms with Crippen LogP contribution in [0.3, 0.4) is 0 Å². The number of nitriles is 1. The lowest BCUT2D eigenvalue weighted by molar-refractivity contribution is -0.131. The van der Waals surface area contributed by atoms with E-state index in [2.05, 4.69) is 0 Å². The Morgan fingerprint density at radius 2 is 2.11 bits per heavy atom. The molecule has 0 saturated carbocycles. The number of rotatable bonds is 5. The van der Waals surface area contributed by atoms with Gasteiger partial charge < -0.3 is 15.7 Å². The Morgan fingerprint density at radius 1 is 1.50 bits per heavy atom. The summed E-state index contributed by atoms with van der Waals surface area (Å²) in [5, 5.41) is 17.6. The van der Waals surface area contributed by atoms with Crippen molar-refractivity contribution in [1.29, 1.82) is 5.26 Å². The molecule has 0 aliphatic carbocycles. The number of phenols is 1. The lowest BCUT2D eigenvalue weighted by Crippen LogP contribution is -2.43. The van der Waals surface area contributed by atoms with Crippen LogP contribution in [0.5, 0.6) is 5.75 Å². The highest BCUT2D eigenvalue weighted by Crippen LogP contribution is 2.11. The van der Waals surface area contributed by atoms with E-state index < -0.39 is 6.04 Å². The summed E-state index contributed by atoms with van der Waals surface area (Å²) in [5.74, 6) is 0.00288. The normalized spacial score (nSPS) is 11.6. The fourth-order valence-electron chi connectivity index (χ4n) is 1.58. The molecule has 0 bridgehead atoms. The van der Waals surface area contributed by atoms with Crippen LogP contribution in [0.25, 0.3) is 0 Å². The molecule has 1 amide bonds. The van der Waals surface area contributed by atoms with Gasteiger partial charge >= 0.3 is 0 Å². The lowest BCUT2D eigenvalue weighted by Gasteiger charge is -2.20. The number of benzene rings is 1. The van der Waals surface area contributed by atoms with E-state index in [0.29, 0.717) is 19.4 Å². The number of nitrogens with zero attached hydrogens (tertiary/aromatic N) is 2. The summed E-state index contributed by atoms with van der Waals surface area (Å²) in [4.78, 5) is 13.3. The molecule has 1 aromatic rings. The van der Waals surface area contributed by atoms with Gasteiger partial charge in [0.2, 0.25) is 5.91 Å². The van der Waals surface area contributed by atoms with Gasteiger partial charge in [-0.05, 0) is 24.1 Å². The van der Waals surface area contributed by atoms with Crippen molar-refractivity contribution in [2.75, 3.05) is 13.6 Å². The van der Waals surface area contributed by atoms with E-state index in [0.717, 1.165) is 5.56 Å². The van der Waals surface area contributed by atoms with E-state index in [1.165, 1.54) is 4.90 Å². The smallest absolute Gasteiger partial charge is 0.239 e. The minimum Gasteiger partial charge on any atom is -0.508 e. The van der Waals surface area contributed by atoms with Crippen molar-refractivity contribution in [2.45, 2.75) is 18.9 Å². The summed E-state index contributed by atoms with van der Waals surface area (Å²) in [5.41, 5.74) is 6.71. The number of hydrogen-bond acceptors (Lipinski definition) is 4. The van der Waals surface area contributed by atoms with E-state index in [1.54, 1.807) is 31.3 Å². The summed E-state index contributed by atoms with van der Waals surface area (Å²) >= 11 is 0. The van der Waals surface area contributed by atoms with Gasteiger partial charge in [-0.15, -0.1) is 0 Å². The van der Waals surface area contributed by atoms with Crippen LogP contribution in [-0.4, -0.2) is 35.5 Å². The molecule has 1 atom stereocenters. The van der Waals surface area contributed by atoms with E-state index in [-0.39, 0.29) is 11.7 Å². The van der Waals surface area contributed by atoms with Crippen LogP contribution < -0.4 is 5.73 Å². The van der Waals surface area contributed by atoms with Gasteiger partial charge in [-0.1, -0.05) is 12.1 Å². The van der Waals surface area contributed by atoms with E-state index in [4.69, 9.17) is 16.1 Å². The minimum atomic E-state index is -0.627. The second kappa shape index (κ2) is 6.62. The van der Waals surface area contributed by atoms with Gasteiger partial charge in [0.05, 0.1) is 18.5 Å². The molecule has 0 saturated heterocycles. The van der Waals surface area contributed by atoms with Crippen molar-refractivity contribution >= 4 is 5.91 Å². The number of hydrogen-bond donors (Lipinski definition) is 2. The summed E-state index contributed by atoms with van der Waals surface area (Å²) in [7, 11) is 1.64. The molecule has 1 aromatic carbocycles. The first-order chi connectivity index (χ1) is 8.54. The van der Waals surface area contributed by atoms with Crippen LogP contribution in [0.15, 0.2) is 24.3 Å². The first kappa shape index (κ1) is 14.0. The van der Waals surface area contributed by atoms with Crippen LogP contribution >= 0.6 is 0 Å². The number of phenolic OH excluding ortho intramolecular Hbond substituents is 1. The van der Waals surface area contributed by atoms with E-state index in [1.807, 2.05) is 6.07 Å². The number of likely N-dealkylation sites (N-methyl/N-ethyl adjacent to an activating group) is 1. The third-order valence-corrected chi connectivity index (χ3v) is 2.64. The Labute approximate surface area is 106 Å². The summed E-state index contributed by atoms with van der Waals surface area (Å²) < 4.78 is 0. The van der Waals surface area contributed by atoms with Gasteiger partial charge in [-0.25, -0.2) is 0 Å². The van der Waals surface area contributed by atoms with Crippen LogP contribution in [0, 0.1) is 11.3 Å². The predicted molar refractivity (Wildman–Crippen MR) is 67.7 cm³/mol. The van der Waals surface area contributed by atoms with Crippen molar-refractivity contribution < 1.29 is 9.90 Å². The highest BCUT2D eigenvalue weighted by molar-refractivity contribution is 5.81. The van der Waals surface area contributed by atoms with Crippen molar-refractivity contribution in [3.05, 3.63) is 29.8 Å². The van der Waals surface area contributed by atoms with Crippen molar-refractivity contribution in [3.8, 4) is 11.8 Å². The maximum Gasteiger partial charge on any atom is 0.239 e. The SMILES string of the molecule is CN(CCC#N)C(=O)[C@H](N)Cc1ccc(O)cc1. The highest BCUT2D eigenvalue weighted by atomic mass is 16.3. The summed E-state index contributed by atoms with van der Waals surface area (Å²) in [6.45, 7) is 0.388. The van der Waals surface area contributed by atoms with Gasteiger partial charge in [-0.3, -0.25) is 4.79 Å². The fourth-order valence-corrected chi connectivity index (χ4v) is 1.58. The number of aromatic hydroxyl groups is 1. The molecule has 0 aromatic heterocycles. The van der Waals surface area contributed by atoms with Gasteiger partial charge in [0, 0.05) is 13.6 Å². The number of carbonyl (C=O) groups is 1. The molecule has 5 heteroatoms. The topological polar surface area (TPSA) is 90.4 Å². The molecule has 3 N–H and O–H groups in total. The molecule has 18 heavy (non-hydrogen) atoms. The van der Waals surface area contributed by atoms with Crippen LogP contribution in [-0.2, 0) is 11.2 Å². The molecule has 0 aliphatic rings. The molecule has 0 aliphatic heterocycles. The first-order valence-electron chi connectivity index (χ1n) is 5.70.